The lowest BCUT2D eigenvalue weighted by Crippen LogP contribution is -2.30. The number of hydrogen-bond donors (Lipinski definition) is 2. The average molecular weight is 1080 g/mol. The normalized spacial score (nSPS) is 14.4. The zero-order valence-electron chi connectivity index (χ0n) is 47.2. The number of ether oxygens (including phenoxy) is 3. The van der Waals surface area contributed by atoms with Crippen LogP contribution < -0.4 is 0 Å². The van der Waals surface area contributed by atoms with Gasteiger partial charge in [0.1, 0.15) is 12.7 Å². The molecule has 0 aromatic heterocycles. The molecule has 0 aromatic rings. The summed E-state index contributed by atoms with van der Waals surface area (Å²) in [6, 6.07) is 0. The van der Waals surface area contributed by atoms with Gasteiger partial charge in [0.2, 0.25) is 0 Å². The molecule has 12 heteroatoms. The Balaban J connectivity index is 4.89. The van der Waals surface area contributed by atoms with E-state index >= 15 is 0 Å². The lowest BCUT2D eigenvalue weighted by molar-refractivity contribution is -0.161. The summed E-state index contributed by atoms with van der Waals surface area (Å²) in [7, 11) is -4.79. The smallest absolute Gasteiger partial charge is 0.462 e. The SMILES string of the molecule is CC/C=C\C/C=C\C/C=C\C/C=C\C/C=C\CCCC(=O)OC(COC(=O)CCCCCCCCC/C=C\C/C=C\C/C=C\CC)COP(=O)(O)OCC(CO)OC(=O)CCCC/C=C\C/C=C\C/C=C\C/C=C\CC. The van der Waals surface area contributed by atoms with E-state index in [0.717, 1.165) is 128 Å². The summed E-state index contributed by atoms with van der Waals surface area (Å²) in [5.74, 6) is -1.61. The van der Waals surface area contributed by atoms with E-state index in [-0.39, 0.29) is 25.9 Å². The lowest BCUT2D eigenvalue weighted by atomic mass is 10.1. The number of allylic oxidation sites excluding steroid dienone is 24. The maximum Gasteiger partial charge on any atom is 0.472 e. The molecule has 428 valence electrons. The van der Waals surface area contributed by atoms with Crippen LogP contribution in [-0.2, 0) is 42.2 Å². The van der Waals surface area contributed by atoms with Crippen LogP contribution in [0, 0.1) is 0 Å². The van der Waals surface area contributed by atoms with Crippen LogP contribution >= 0.6 is 7.82 Å². The molecule has 0 saturated heterocycles. The monoisotopic (exact) mass is 1080 g/mol. The first-order chi connectivity index (χ1) is 37.2. The molecular formula is C64H101O11P. The molecule has 0 fully saturated rings. The van der Waals surface area contributed by atoms with Crippen molar-refractivity contribution in [3.05, 3.63) is 146 Å². The molecule has 11 nitrogen and oxygen atoms in total. The molecule has 0 radical (unpaired) electrons. The summed E-state index contributed by atoms with van der Waals surface area (Å²) in [5, 5.41) is 9.81. The van der Waals surface area contributed by atoms with Crippen molar-refractivity contribution in [3.8, 4) is 0 Å². The molecule has 2 N–H and O–H groups in total. The first-order valence-corrected chi connectivity index (χ1v) is 30.2. The van der Waals surface area contributed by atoms with Gasteiger partial charge in [0.25, 0.3) is 0 Å². The van der Waals surface area contributed by atoms with Crippen LogP contribution in [-0.4, -0.2) is 66.5 Å². The van der Waals surface area contributed by atoms with E-state index in [1.165, 1.54) is 6.42 Å². The molecule has 0 rings (SSSR count). The van der Waals surface area contributed by atoms with Crippen molar-refractivity contribution in [1.29, 1.82) is 0 Å². The molecule has 0 bridgehead atoms. The third-order valence-electron chi connectivity index (χ3n) is 11.2. The lowest BCUT2D eigenvalue weighted by Gasteiger charge is -2.21. The number of hydrogen-bond acceptors (Lipinski definition) is 10. The summed E-state index contributed by atoms with van der Waals surface area (Å²) in [4.78, 5) is 48.5. The first-order valence-electron chi connectivity index (χ1n) is 28.7. The van der Waals surface area contributed by atoms with E-state index in [2.05, 4.69) is 154 Å². The number of esters is 3. The van der Waals surface area contributed by atoms with E-state index in [1.807, 2.05) is 12.2 Å². The van der Waals surface area contributed by atoms with Gasteiger partial charge in [-0.05, 0) is 128 Å². The maximum absolute atomic E-state index is 12.9. The van der Waals surface area contributed by atoms with Crippen LogP contribution in [0.25, 0.3) is 0 Å². The van der Waals surface area contributed by atoms with Gasteiger partial charge in [0.05, 0.1) is 19.8 Å². The fourth-order valence-electron chi connectivity index (χ4n) is 6.98. The fraction of sp³-hybridized carbons (Fsp3) is 0.578. The van der Waals surface area contributed by atoms with Crippen LogP contribution in [0.5, 0.6) is 0 Å². The summed E-state index contributed by atoms with van der Waals surface area (Å²) >= 11 is 0. The quantitative estimate of drug-likeness (QED) is 0.0197. The van der Waals surface area contributed by atoms with Crippen molar-refractivity contribution in [2.45, 2.75) is 213 Å². The van der Waals surface area contributed by atoms with Crippen molar-refractivity contribution in [1.82, 2.24) is 0 Å². The molecule has 0 aliphatic heterocycles. The van der Waals surface area contributed by atoms with Crippen LogP contribution in [0.4, 0.5) is 0 Å². The minimum Gasteiger partial charge on any atom is -0.462 e. The van der Waals surface area contributed by atoms with E-state index in [4.69, 9.17) is 23.3 Å². The average Bonchev–Trinajstić information content (AvgIpc) is 3.41. The number of aliphatic hydroxyl groups is 1. The van der Waals surface area contributed by atoms with Crippen LogP contribution in [0.2, 0.25) is 0 Å². The van der Waals surface area contributed by atoms with Crippen LogP contribution in [0.1, 0.15) is 201 Å². The highest BCUT2D eigenvalue weighted by Gasteiger charge is 2.28. The maximum atomic E-state index is 12.9. The number of phosphoric acid groups is 1. The van der Waals surface area contributed by atoms with Crippen LogP contribution in [0.15, 0.2) is 146 Å². The highest BCUT2D eigenvalue weighted by Crippen LogP contribution is 2.43. The zero-order chi connectivity index (χ0) is 55.5. The highest BCUT2D eigenvalue weighted by molar-refractivity contribution is 7.47. The molecule has 0 amide bonds. The van der Waals surface area contributed by atoms with Gasteiger partial charge in [-0.3, -0.25) is 23.4 Å². The van der Waals surface area contributed by atoms with Crippen molar-refractivity contribution in [3.63, 3.8) is 0 Å². The molecule has 0 saturated carbocycles. The molecule has 0 heterocycles. The Morgan fingerprint density at radius 3 is 1.07 bits per heavy atom. The van der Waals surface area contributed by atoms with Gasteiger partial charge in [-0.25, -0.2) is 4.57 Å². The molecule has 0 aromatic carbocycles. The van der Waals surface area contributed by atoms with Crippen molar-refractivity contribution in [2.24, 2.45) is 0 Å². The predicted molar refractivity (Wildman–Crippen MR) is 316 cm³/mol. The van der Waals surface area contributed by atoms with Crippen molar-refractivity contribution >= 4 is 25.7 Å². The third kappa shape index (κ3) is 54.2. The Bertz CT molecular complexity index is 1830. The largest absolute Gasteiger partial charge is 0.472 e. The number of aliphatic hydroxyl groups excluding tert-OH is 1. The second kappa shape index (κ2) is 56.6. The second-order valence-electron chi connectivity index (χ2n) is 18.3. The Hall–Kier alpha value is -4.64. The number of carbonyl (C=O) groups excluding carboxylic acids is 3. The van der Waals surface area contributed by atoms with Gasteiger partial charge in [0.15, 0.2) is 6.10 Å². The third-order valence-corrected chi connectivity index (χ3v) is 12.2. The zero-order valence-corrected chi connectivity index (χ0v) is 48.0. The Morgan fingerprint density at radius 2 is 0.658 bits per heavy atom. The molecule has 3 atom stereocenters. The summed E-state index contributed by atoms with van der Waals surface area (Å²) in [5.41, 5.74) is 0. The Morgan fingerprint density at radius 1 is 0.368 bits per heavy atom. The Kier molecular flexibility index (Phi) is 53.1. The number of carbonyl (C=O) groups is 3. The van der Waals surface area contributed by atoms with Crippen LogP contribution in [0.3, 0.4) is 0 Å². The van der Waals surface area contributed by atoms with Gasteiger partial charge < -0.3 is 24.2 Å². The summed E-state index contributed by atoms with van der Waals surface area (Å²) in [6.45, 7) is 4.16. The molecule has 0 aliphatic rings. The van der Waals surface area contributed by atoms with Gasteiger partial charge in [-0.1, -0.05) is 199 Å². The topological polar surface area (TPSA) is 155 Å². The van der Waals surface area contributed by atoms with Gasteiger partial charge in [0, 0.05) is 19.3 Å². The minimum atomic E-state index is -4.79. The molecule has 3 unspecified atom stereocenters. The Labute approximate surface area is 461 Å². The molecule has 76 heavy (non-hydrogen) atoms. The van der Waals surface area contributed by atoms with Gasteiger partial charge >= 0.3 is 25.7 Å². The van der Waals surface area contributed by atoms with Crippen molar-refractivity contribution in [2.75, 3.05) is 26.4 Å². The minimum absolute atomic E-state index is 0.0751. The molecular weight excluding hydrogens is 976 g/mol. The van der Waals surface area contributed by atoms with E-state index in [9.17, 15) is 28.9 Å². The van der Waals surface area contributed by atoms with E-state index < -0.39 is 57.8 Å². The first kappa shape index (κ1) is 71.4. The summed E-state index contributed by atoms with van der Waals surface area (Å²) in [6.07, 6.45) is 72.4. The number of unbranched alkanes of at least 4 members (excludes halogenated alkanes) is 10. The highest BCUT2D eigenvalue weighted by atomic mass is 31.2. The van der Waals surface area contributed by atoms with E-state index in [1.54, 1.807) is 0 Å². The number of phosphoric ester groups is 1. The number of rotatable bonds is 51. The second-order valence-corrected chi connectivity index (χ2v) is 19.8. The van der Waals surface area contributed by atoms with Gasteiger partial charge in [-0.2, -0.15) is 0 Å². The predicted octanol–water partition coefficient (Wildman–Crippen LogP) is 17.1. The summed E-state index contributed by atoms with van der Waals surface area (Å²) < 4.78 is 39.4. The fourth-order valence-corrected chi connectivity index (χ4v) is 7.77. The van der Waals surface area contributed by atoms with Crippen molar-refractivity contribution < 1.29 is 52.2 Å². The molecule has 0 aliphatic carbocycles. The van der Waals surface area contributed by atoms with Gasteiger partial charge in [-0.15, -0.1) is 0 Å². The molecule has 0 spiro atoms. The standard InChI is InChI=1S/C64H101O11P/c1-4-7-10-13-16-19-22-25-28-30-33-35-38-41-44-47-50-53-62(66)71-57-61(75-64(68)55-52-49-46-43-40-37-34-31-29-26-23-20-17-14-11-8-5-2)59-73-76(69,70)72-58-60(56-65)74-63(67)54-51-48-45-42-39-36-32-27-24-21-18-15-12-9-6-3/h7-12,16-21,25-29,32,34,37,39,42-43,46,60-61,65H,4-6,13-15,22-24,30-31,33,35-36,38,40-41,44-45,47-59H2,1-3H3,(H,69,70)/b10-7-,11-8-,12-9-,19-16-,20-17-,21-18-,28-25-,29-26-,32-27-,37-34-,42-39-,46-43-. The van der Waals surface area contributed by atoms with E-state index in [0.29, 0.717) is 25.7 Å².